The minimum atomic E-state index is -0.111. The molecule has 1 atom stereocenters. The fraction of sp³-hybridized carbons (Fsp3) is 0.692. The van der Waals surface area contributed by atoms with E-state index in [1.807, 2.05) is 20.8 Å². The van der Waals surface area contributed by atoms with Crippen molar-refractivity contribution in [2.45, 2.75) is 39.3 Å². The van der Waals surface area contributed by atoms with Crippen molar-refractivity contribution >= 4 is 0 Å². The largest absolute Gasteiger partial charge is 0.367 e. The smallest absolute Gasteiger partial charge is 0.229 e. The highest BCUT2D eigenvalue weighted by Crippen LogP contribution is 2.20. The van der Waals surface area contributed by atoms with Gasteiger partial charge in [-0.2, -0.15) is 10.1 Å². The van der Waals surface area contributed by atoms with Gasteiger partial charge < -0.3 is 9.26 Å². The van der Waals surface area contributed by atoms with E-state index in [0.29, 0.717) is 30.7 Å². The van der Waals surface area contributed by atoms with Crippen molar-refractivity contribution in [1.29, 1.82) is 0 Å². The van der Waals surface area contributed by atoms with Crippen LogP contribution in [-0.4, -0.2) is 49.9 Å². The van der Waals surface area contributed by atoms with Gasteiger partial charge in [-0.15, -0.1) is 0 Å². The second-order valence-electron chi connectivity index (χ2n) is 5.58. The number of nitrogens with zero attached hydrogens (tertiary/aromatic N) is 5. The number of aromatic nitrogens is 5. The summed E-state index contributed by atoms with van der Waals surface area (Å²) in [5.41, 5.74) is 0. The lowest BCUT2D eigenvalue weighted by molar-refractivity contribution is -0.0379. The molecule has 0 radical (unpaired) electrons. The molecular formula is C13H20N6O2. The van der Waals surface area contributed by atoms with E-state index in [0.717, 1.165) is 18.9 Å². The molecule has 1 aliphatic rings. The number of aryl methyl sites for hydroxylation is 1. The lowest BCUT2D eigenvalue weighted by atomic mass is 10.2. The first kappa shape index (κ1) is 14.2. The van der Waals surface area contributed by atoms with Gasteiger partial charge >= 0.3 is 0 Å². The van der Waals surface area contributed by atoms with Gasteiger partial charge in [0.25, 0.3) is 0 Å². The van der Waals surface area contributed by atoms with Crippen LogP contribution in [0.25, 0.3) is 0 Å². The van der Waals surface area contributed by atoms with Crippen LogP contribution in [0.1, 0.15) is 49.2 Å². The standard InChI is InChI=1S/C13H20N6O2/c1-8(2)13-15-11(18-21-13)7-19-4-5-20-10(6-19)12-14-9(3)16-17-12/h8,10H,4-7H2,1-3H3,(H,14,16,17)/t10-/m1/s1. The SMILES string of the molecule is Cc1nc([C@H]2CN(Cc3noc(C(C)C)n3)CCO2)n[nH]1. The van der Waals surface area contributed by atoms with E-state index in [9.17, 15) is 0 Å². The molecule has 8 heteroatoms. The Kier molecular flexibility index (Phi) is 3.98. The third kappa shape index (κ3) is 3.27. The first-order valence-electron chi connectivity index (χ1n) is 7.17. The van der Waals surface area contributed by atoms with Crippen molar-refractivity contribution in [3.8, 4) is 0 Å². The Hall–Kier alpha value is -1.80. The highest BCUT2D eigenvalue weighted by atomic mass is 16.5. The molecule has 0 unspecified atom stereocenters. The van der Waals surface area contributed by atoms with Gasteiger partial charge in [-0.25, -0.2) is 4.98 Å². The van der Waals surface area contributed by atoms with E-state index in [-0.39, 0.29) is 12.0 Å². The van der Waals surface area contributed by atoms with E-state index < -0.39 is 0 Å². The third-order valence-corrected chi connectivity index (χ3v) is 3.40. The summed E-state index contributed by atoms with van der Waals surface area (Å²) in [6.07, 6.45) is -0.111. The van der Waals surface area contributed by atoms with Crippen LogP contribution in [0.2, 0.25) is 0 Å². The second-order valence-corrected chi connectivity index (χ2v) is 5.58. The number of hydrogen-bond acceptors (Lipinski definition) is 7. The molecule has 2 aromatic rings. The molecular weight excluding hydrogens is 272 g/mol. The van der Waals surface area contributed by atoms with E-state index in [2.05, 4.69) is 30.2 Å². The molecule has 1 aliphatic heterocycles. The van der Waals surface area contributed by atoms with Crippen molar-refractivity contribution in [2.24, 2.45) is 0 Å². The summed E-state index contributed by atoms with van der Waals surface area (Å²) < 4.78 is 11.0. The van der Waals surface area contributed by atoms with E-state index >= 15 is 0 Å². The zero-order valence-corrected chi connectivity index (χ0v) is 12.5. The number of aromatic amines is 1. The molecule has 0 saturated carbocycles. The Morgan fingerprint density at radius 3 is 2.90 bits per heavy atom. The Labute approximate surface area is 122 Å². The summed E-state index contributed by atoms with van der Waals surface area (Å²) in [7, 11) is 0. The average molecular weight is 292 g/mol. The predicted molar refractivity (Wildman–Crippen MR) is 73.5 cm³/mol. The van der Waals surface area contributed by atoms with Crippen molar-refractivity contribution < 1.29 is 9.26 Å². The van der Waals surface area contributed by atoms with Crippen molar-refractivity contribution in [2.75, 3.05) is 19.7 Å². The van der Waals surface area contributed by atoms with Crippen LogP contribution < -0.4 is 0 Å². The van der Waals surface area contributed by atoms with Gasteiger partial charge in [0.1, 0.15) is 11.9 Å². The van der Waals surface area contributed by atoms with E-state index in [4.69, 9.17) is 9.26 Å². The van der Waals surface area contributed by atoms with Crippen LogP contribution in [0.5, 0.6) is 0 Å². The second kappa shape index (κ2) is 5.90. The summed E-state index contributed by atoms with van der Waals surface area (Å²) in [6.45, 7) is 8.81. The Balaban J connectivity index is 1.63. The van der Waals surface area contributed by atoms with Crippen LogP contribution in [-0.2, 0) is 11.3 Å². The monoisotopic (exact) mass is 292 g/mol. The lowest BCUT2D eigenvalue weighted by Gasteiger charge is -2.30. The molecule has 3 heterocycles. The Morgan fingerprint density at radius 1 is 1.38 bits per heavy atom. The molecule has 114 valence electrons. The fourth-order valence-electron chi connectivity index (χ4n) is 2.27. The molecule has 2 aromatic heterocycles. The molecule has 0 bridgehead atoms. The van der Waals surface area contributed by atoms with Crippen LogP contribution in [0, 0.1) is 6.92 Å². The van der Waals surface area contributed by atoms with Crippen molar-refractivity contribution in [1.82, 2.24) is 30.2 Å². The topological polar surface area (TPSA) is 93.0 Å². The van der Waals surface area contributed by atoms with Crippen LogP contribution in [0.3, 0.4) is 0 Å². The number of hydrogen-bond donors (Lipinski definition) is 1. The summed E-state index contributed by atoms with van der Waals surface area (Å²) in [6, 6.07) is 0. The van der Waals surface area contributed by atoms with Crippen LogP contribution in [0.4, 0.5) is 0 Å². The third-order valence-electron chi connectivity index (χ3n) is 3.40. The van der Waals surface area contributed by atoms with Gasteiger partial charge in [0.2, 0.25) is 5.89 Å². The Morgan fingerprint density at radius 2 is 2.24 bits per heavy atom. The molecule has 1 N–H and O–H groups in total. The number of rotatable bonds is 4. The average Bonchev–Trinajstić information content (AvgIpc) is 3.08. The normalized spacial score (nSPS) is 20.3. The predicted octanol–water partition coefficient (Wildman–Crippen LogP) is 1.19. The van der Waals surface area contributed by atoms with E-state index in [1.54, 1.807) is 0 Å². The first-order chi connectivity index (χ1) is 10.1. The quantitative estimate of drug-likeness (QED) is 0.904. The fourth-order valence-corrected chi connectivity index (χ4v) is 2.27. The van der Waals surface area contributed by atoms with Gasteiger partial charge in [0, 0.05) is 19.0 Å². The van der Waals surface area contributed by atoms with Gasteiger partial charge in [-0.3, -0.25) is 10.00 Å². The molecule has 0 amide bonds. The molecule has 3 rings (SSSR count). The van der Waals surface area contributed by atoms with Crippen LogP contribution >= 0.6 is 0 Å². The van der Waals surface area contributed by atoms with Crippen molar-refractivity contribution in [3.63, 3.8) is 0 Å². The van der Waals surface area contributed by atoms with Gasteiger partial charge in [0.05, 0.1) is 13.2 Å². The maximum Gasteiger partial charge on any atom is 0.229 e. The highest BCUT2D eigenvalue weighted by Gasteiger charge is 2.26. The summed E-state index contributed by atoms with van der Waals surface area (Å²) in [4.78, 5) is 11.0. The van der Waals surface area contributed by atoms with Crippen LogP contribution in [0.15, 0.2) is 4.52 Å². The summed E-state index contributed by atoms with van der Waals surface area (Å²) in [5.74, 6) is 3.14. The molecule has 21 heavy (non-hydrogen) atoms. The molecule has 0 spiro atoms. The maximum atomic E-state index is 5.74. The van der Waals surface area contributed by atoms with Gasteiger partial charge in [-0.05, 0) is 6.92 Å². The lowest BCUT2D eigenvalue weighted by Crippen LogP contribution is -2.38. The van der Waals surface area contributed by atoms with E-state index in [1.165, 1.54) is 0 Å². The molecule has 0 aliphatic carbocycles. The minimum absolute atomic E-state index is 0.111. The minimum Gasteiger partial charge on any atom is -0.367 e. The first-order valence-corrected chi connectivity index (χ1v) is 7.17. The Bertz CT molecular complexity index is 593. The molecule has 1 fully saturated rings. The highest BCUT2D eigenvalue weighted by molar-refractivity contribution is 4.96. The summed E-state index contributed by atoms with van der Waals surface area (Å²) >= 11 is 0. The molecule has 0 aromatic carbocycles. The van der Waals surface area contributed by atoms with Crippen molar-refractivity contribution in [3.05, 3.63) is 23.4 Å². The van der Waals surface area contributed by atoms with Gasteiger partial charge in [0.15, 0.2) is 11.6 Å². The number of morpholine rings is 1. The zero-order valence-electron chi connectivity index (χ0n) is 12.5. The number of ether oxygens (including phenoxy) is 1. The zero-order chi connectivity index (χ0) is 14.8. The molecule has 1 saturated heterocycles. The summed E-state index contributed by atoms with van der Waals surface area (Å²) in [5, 5.41) is 11.0. The number of H-pyrrole nitrogens is 1. The number of nitrogens with one attached hydrogen (secondary N) is 1. The maximum absolute atomic E-state index is 5.74. The molecule has 8 nitrogen and oxygen atoms in total. The van der Waals surface area contributed by atoms with Gasteiger partial charge in [-0.1, -0.05) is 19.0 Å².